The SMILES string of the molecule is CCc1ccc(Nc2nc3cc(C(=O)NC4CCCC4)ccc3n2[C@H]2C[C@@H](C)CC(C)(C)C2)cc1. The Bertz CT molecular complexity index is 1190. The highest BCUT2D eigenvalue weighted by atomic mass is 16.1. The van der Waals surface area contributed by atoms with Gasteiger partial charge in [-0.15, -0.1) is 0 Å². The Morgan fingerprint density at radius 1 is 1.09 bits per heavy atom. The first-order valence-electron chi connectivity index (χ1n) is 13.5. The Labute approximate surface area is 209 Å². The number of hydrogen-bond acceptors (Lipinski definition) is 3. The molecule has 5 heteroatoms. The van der Waals surface area contributed by atoms with Crippen LogP contribution >= 0.6 is 0 Å². The van der Waals surface area contributed by atoms with Crippen LogP contribution in [0.2, 0.25) is 0 Å². The molecular weight excluding hydrogens is 432 g/mol. The number of benzene rings is 2. The van der Waals surface area contributed by atoms with Gasteiger partial charge in [-0.2, -0.15) is 0 Å². The summed E-state index contributed by atoms with van der Waals surface area (Å²) in [7, 11) is 0. The summed E-state index contributed by atoms with van der Waals surface area (Å²) in [4.78, 5) is 18.0. The molecule has 1 amide bonds. The van der Waals surface area contributed by atoms with Gasteiger partial charge in [0.15, 0.2) is 0 Å². The molecule has 0 saturated heterocycles. The van der Waals surface area contributed by atoms with Gasteiger partial charge in [0.2, 0.25) is 5.95 Å². The van der Waals surface area contributed by atoms with E-state index in [1.807, 2.05) is 12.1 Å². The number of aromatic nitrogens is 2. The van der Waals surface area contributed by atoms with Gasteiger partial charge in [-0.25, -0.2) is 4.98 Å². The standard InChI is InChI=1S/C30H40N4O/c1-5-21-10-13-24(14-11-21)32-29-33-26-17-22(28(35)31-23-8-6-7-9-23)12-15-27(26)34(29)25-16-20(2)18-30(3,4)19-25/h10-15,17,20,23,25H,5-9,16,18-19H2,1-4H3,(H,31,35)(H,32,33)/t20-,25+/m1/s1. The van der Waals surface area contributed by atoms with Crippen molar-refractivity contribution in [2.75, 3.05) is 5.32 Å². The van der Waals surface area contributed by atoms with E-state index in [1.54, 1.807) is 0 Å². The van der Waals surface area contributed by atoms with Crippen LogP contribution in [0.5, 0.6) is 0 Å². The number of amides is 1. The zero-order valence-corrected chi connectivity index (χ0v) is 21.7. The molecule has 2 saturated carbocycles. The van der Waals surface area contributed by atoms with Crippen LogP contribution in [-0.2, 0) is 6.42 Å². The predicted molar refractivity (Wildman–Crippen MR) is 144 cm³/mol. The summed E-state index contributed by atoms with van der Waals surface area (Å²) in [6.45, 7) is 9.32. The molecule has 5 rings (SSSR count). The summed E-state index contributed by atoms with van der Waals surface area (Å²) >= 11 is 0. The Balaban J connectivity index is 1.51. The van der Waals surface area contributed by atoms with Crippen LogP contribution in [0.3, 0.4) is 0 Å². The monoisotopic (exact) mass is 472 g/mol. The minimum atomic E-state index is 0.0189. The van der Waals surface area contributed by atoms with E-state index in [9.17, 15) is 4.79 Å². The number of carbonyl (C=O) groups is 1. The van der Waals surface area contributed by atoms with Gasteiger partial charge in [0.1, 0.15) is 0 Å². The second-order valence-corrected chi connectivity index (χ2v) is 11.7. The number of aryl methyl sites for hydroxylation is 1. The van der Waals surface area contributed by atoms with Crippen LogP contribution < -0.4 is 10.6 Å². The highest BCUT2D eigenvalue weighted by molar-refractivity contribution is 5.98. The van der Waals surface area contributed by atoms with E-state index in [2.05, 4.69) is 73.2 Å². The molecule has 0 radical (unpaired) electrons. The summed E-state index contributed by atoms with van der Waals surface area (Å²) in [6, 6.07) is 15.3. The minimum absolute atomic E-state index is 0.0189. The lowest BCUT2D eigenvalue weighted by Gasteiger charge is -2.40. The molecule has 186 valence electrons. The smallest absolute Gasteiger partial charge is 0.251 e. The summed E-state index contributed by atoms with van der Waals surface area (Å²) in [6.07, 6.45) is 9.13. The first-order valence-corrected chi connectivity index (χ1v) is 13.5. The third-order valence-corrected chi connectivity index (χ3v) is 7.99. The first kappa shape index (κ1) is 23.9. The predicted octanol–water partition coefficient (Wildman–Crippen LogP) is 7.40. The van der Waals surface area contributed by atoms with Gasteiger partial charge < -0.3 is 15.2 Å². The van der Waals surface area contributed by atoms with Crippen LogP contribution in [0.1, 0.15) is 94.6 Å². The van der Waals surface area contributed by atoms with E-state index in [1.165, 1.54) is 24.8 Å². The topological polar surface area (TPSA) is 59.0 Å². The number of nitrogens with one attached hydrogen (secondary N) is 2. The number of rotatable bonds is 6. The molecule has 2 atom stereocenters. The fourth-order valence-electron chi connectivity index (χ4n) is 6.48. The lowest BCUT2D eigenvalue weighted by molar-refractivity contribution is 0.0938. The van der Waals surface area contributed by atoms with E-state index < -0.39 is 0 Å². The van der Waals surface area contributed by atoms with Gasteiger partial charge in [0.05, 0.1) is 11.0 Å². The number of nitrogens with zero attached hydrogens (tertiary/aromatic N) is 2. The zero-order valence-electron chi connectivity index (χ0n) is 21.7. The lowest BCUT2D eigenvalue weighted by atomic mass is 9.70. The fraction of sp³-hybridized carbons (Fsp3) is 0.533. The quantitative estimate of drug-likeness (QED) is 0.393. The Kier molecular flexibility index (Phi) is 6.61. The molecule has 2 aliphatic rings. The molecule has 35 heavy (non-hydrogen) atoms. The molecule has 5 nitrogen and oxygen atoms in total. The van der Waals surface area contributed by atoms with Gasteiger partial charge in [-0.3, -0.25) is 4.79 Å². The van der Waals surface area contributed by atoms with Gasteiger partial charge in [0, 0.05) is 23.3 Å². The van der Waals surface area contributed by atoms with Crippen LogP contribution in [0.4, 0.5) is 11.6 Å². The summed E-state index contributed by atoms with van der Waals surface area (Å²) in [5, 5.41) is 6.83. The molecule has 0 unspecified atom stereocenters. The van der Waals surface area contributed by atoms with Gasteiger partial charge in [0.25, 0.3) is 5.91 Å². The molecule has 2 fully saturated rings. The molecule has 2 aliphatic carbocycles. The van der Waals surface area contributed by atoms with Crippen molar-refractivity contribution in [1.82, 2.24) is 14.9 Å². The second-order valence-electron chi connectivity index (χ2n) is 11.7. The molecule has 1 aromatic heterocycles. The van der Waals surface area contributed by atoms with E-state index >= 15 is 0 Å². The highest BCUT2D eigenvalue weighted by Crippen LogP contribution is 2.46. The van der Waals surface area contributed by atoms with Crippen LogP contribution in [0.25, 0.3) is 11.0 Å². The van der Waals surface area contributed by atoms with Crippen molar-refractivity contribution in [1.29, 1.82) is 0 Å². The summed E-state index contributed by atoms with van der Waals surface area (Å²) in [5.74, 6) is 1.55. The third-order valence-electron chi connectivity index (χ3n) is 7.99. The average Bonchev–Trinajstić information content (AvgIpc) is 3.45. The number of hydrogen-bond donors (Lipinski definition) is 2. The molecule has 1 heterocycles. The maximum atomic E-state index is 13.0. The molecule has 0 aliphatic heterocycles. The Hall–Kier alpha value is -2.82. The third kappa shape index (κ3) is 5.24. The molecule has 2 N–H and O–H groups in total. The van der Waals surface area contributed by atoms with Crippen molar-refractivity contribution in [3.05, 3.63) is 53.6 Å². The van der Waals surface area contributed by atoms with Crippen molar-refractivity contribution >= 4 is 28.6 Å². The van der Waals surface area contributed by atoms with Gasteiger partial charge in [-0.1, -0.05) is 52.7 Å². The summed E-state index contributed by atoms with van der Waals surface area (Å²) in [5.41, 5.74) is 5.34. The van der Waals surface area contributed by atoms with Gasteiger partial charge >= 0.3 is 0 Å². The number of anilines is 2. The Morgan fingerprint density at radius 3 is 2.51 bits per heavy atom. The first-order chi connectivity index (χ1) is 16.8. The van der Waals surface area contributed by atoms with Crippen molar-refractivity contribution in [2.24, 2.45) is 11.3 Å². The molecule has 0 spiro atoms. The molecular formula is C30H40N4O. The van der Waals surface area contributed by atoms with Crippen molar-refractivity contribution < 1.29 is 4.79 Å². The van der Waals surface area contributed by atoms with Crippen molar-refractivity contribution in [2.45, 2.75) is 91.1 Å². The second kappa shape index (κ2) is 9.67. The van der Waals surface area contributed by atoms with Gasteiger partial charge in [-0.05, 0) is 85.8 Å². The van der Waals surface area contributed by atoms with E-state index in [0.717, 1.165) is 54.8 Å². The number of fused-ring (bicyclic) bond motifs is 1. The highest BCUT2D eigenvalue weighted by Gasteiger charge is 2.34. The lowest BCUT2D eigenvalue weighted by Crippen LogP contribution is -2.32. The fourth-order valence-corrected chi connectivity index (χ4v) is 6.48. The minimum Gasteiger partial charge on any atom is -0.349 e. The normalized spacial score (nSPS) is 22.4. The largest absolute Gasteiger partial charge is 0.349 e. The van der Waals surface area contributed by atoms with E-state index in [-0.39, 0.29) is 5.91 Å². The van der Waals surface area contributed by atoms with Crippen LogP contribution in [0, 0.1) is 11.3 Å². The molecule has 2 aromatic carbocycles. The molecule has 3 aromatic rings. The van der Waals surface area contributed by atoms with Crippen molar-refractivity contribution in [3.8, 4) is 0 Å². The van der Waals surface area contributed by atoms with E-state index in [0.29, 0.717) is 29.0 Å². The zero-order chi connectivity index (χ0) is 24.6. The maximum Gasteiger partial charge on any atom is 0.251 e. The van der Waals surface area contributed by atoms with Crippen LogP contribution in [0.15, 0.2) is 42.5 Å². The van der Waals surface area contributed by atoms with E-state index in [4.69, 9.17) is 4.98 Å². The Morgan fingerprint density at radius 2 is 1.83 bits per heavy atom. The molecule has 0 bridgehead atoms. The van der Waals surface area contributed by atoms with Crippen LogP contribution in [-0.4, -0.2) is 21.5 Å². The van der Waals surface area contributed by atoms with Crippen molar-refractivity contribution in [3.63, 3.8) is 0 Å². The number of imidazole rings is 1. The maximum absolute atomic E-state index is 13.0. The number of carbonyl (C=O) groups excluding carboxylic acids is 1. The average molecular weight is 473 g/mol. The summed E-state index contributed by atoms with van der Waals surface area (Å²) < 4.78 is 2.40.